The second-order valence-corrected chi connectivity index (χ2v) is 13.3. The number of hydrogen-bond donors (Lipinski definition) is 1. The zero-order chi connectivity index (χ0) is 28.4. The van der Waals surface area contributed by atoms with E-state index in [4.69, 9.17) is 9.47 Å². The van der Waals surface area contributed by atoms with Crippen LogP contribution < -0.4 is 0 Å². The van der Waals surface area contributed by atoms with Gasteiger partial charge in [-0.3, -0.25) is 9.59 Å². The van der Waals surface area contributed by atoms with Crippen LogP contribution in [0.25, 0.3) is 11.8 Å². The van der Waals surface area contributed by atoms with E-state index in [-0.39, 0.29) is 34.2 Å². The summed E-state index contributed by atoms with van der Waals surface area (Å²) in [6.07, 6.45) is 9.02. The molecule has 0 spiro atoms. The quantitative estimate of drug-likeness (QED) is 0.313. The molecule has 7 atom stereocenters. The van der Waals surface area contributed by atoms with Gasteiger partial charge in [-0.15, -0.1) is 0 Å². The van der Waals surface area contributed by atoms with Crippen LogP contribution in [0.3, 0.4) is 0 Å². The number of fused-ring (bicyclic) bond motifs is 6. The number of carbonyl (C=O) groups is 2. The van der Waals surface area contributed by atoms with Crippen LogP contribution in [0.15, 0.2) is 30.1 Å². The highest BCUT2D eigenvalue weighted by Gasteiger charge is 2.70. The Balaban J connectivity index is 1.35. The number of rotatable bonds is 5. The van der Waals surface area contributed by atoms with Crippen LogP contribution in [0, 0.1) is 34.5 Å². The van der Waals surface area contributed by atoms with E-state index in [1.165, 1.54) is 31.9 Å². The van der Waals surface area contributed by atoms with Crippen molar-refractivity contribution in [2.75, 3.05) is 13.0 Å². The molecule has 0 bridgehead atoms. The Kier molecular flexibility index (Phi) is 6.74. The fraction of sp³-hybridized carbons (Fsp3) is 0.600. The molecule has 6 rings (SSSR count). The predicted octanol–water partition coefficient (Wildman–Crippen LogP) is 4.72. The molecule has 2 heterocycles. The van der Waals surface area contributed by atoms with Crippen molar-refractivity contribution in [1.29, 1.82) is 0 Å². The standard InChI is InChI=1S/C30H36FN3O5S/c1-17(35)39-30(27(37)40-16-38-4)10-9-22-21-7-5-19-11-23-18(14-33-34(23)20-6-8-25(31)32-15-20)12-28(19,2)26(21)24(36)13-29(22,30)3/h6,8,11,14-15,21-22,24,26,36H,5,7,9-10,12-13,16H2,1-4H3/t21-,22-,24-,26+,28-,29-,30-/m0/s1. The summed E-state index contributed by atoms with van der Waals surface area (Å²) in [6.45, 7) is 5.66. The summed E-state index contributed by atoms with van der Waals surface area (Å²) in [5, 5.41) is 16.4. The number of aliphatic hydroxyl groups is 1. The molecular weight excluding hydrogens is 533 g/mol. The number of esters is 1. The van der Waals surface area contributed by atoms with Crippen molar-refractivity contribution < 1.29 is 28.6 Å². The van der Waals surface area contributed by atoms with Crippen LogP contribution in [0.5, 0.6) is 0 Å². The van der Waals surface area contributed by atoms with Crippen molar-refractivity contribution >= 4 is 28.9 Å². The van der Waals surface area contributed by atoms with Gasteiger partial charge in [0.15, 0.2) is 5.60 Å². The van der Waals surface area contributed by atoms with Crippen LogP contribution in [0.2, 0.25) is 0 Å². The van der Waals surface area contributed by atoms with Crippen LogP contribution in [-0.4, -0.2) is 55.7 Å². The molecule has 2 aromatic heterocycles. The van der Waals surface area contributed by atoms with E-state index in [2.05, 4.69) is 23.1 Å². The van der Waals surface area contributed by atoms with Gasteiger partial charge in [-0.05, 0) is 85.5 Å². The monoisotopic (exact) mass is 569 g/mol. The summed E-state index contributed by atoms with van der Waals surface area (Å²) in [5.41, 5.74) is 1.83. The van der Waals surface area contributed by atoms with E-state index in [1.54, 1.807) is 6.07 Å². The summed E-state index contributed by atoms with van der Waals surface area (Å²) >= 11 is 1.05. The van der Waals surface area contributed by atoms with Crippen molar-refractivity contribution in [3.63, 3.8) is 0 Å². The van der Waals surface area contributed by atoms with Gasteiger partial charge < -0.3 is 14.6 Å². The van der Waals surface area contributed by atoms with Gasteiger partial charge in [0.05, 0.1) is 35.8 Å². The fourth-order valence-corrected chi connectivity index (χ4v) is 9.73. The predicted molar refractivity (Wildman–Crippen MR) is 148 cm³/mol. The molecule has 0 unspecified atom stereocenters. The Hall–Kier alpha value is -2.56. The number of allylic oxidation sites excluding steroid dienone is 1. The van der Waals surface area contributed by atoms with Gasteiger partial charge in [-0.1, -0.05) is 31.2 Å². The van der Waals surface area contributed by atoms with Crippen molar-refractivity contribution in [1.82, 2.24) is 14.8 Å². The van der Waals surface area contributed by atoms with Gasteiger partial charge in [0.1, 0.15) is 0 Å². The van der Waals surface area contributed by atoms with Gasteiger partial charge >= 0.3 is 5.97 Å². The van der Waals surface area contributed by atoms with Crippen LogP contribution in [0.1, 0.15) is 64.1 Å². The van der Waals surface area contributed by atoms with Gasteiger partial charge in [-0.25, -0.2) is 9.67 Å². The summed E-state index contributed by atoms with van der Waals surface area (Å²) < 4.78 is 26.4. The minimum Gasteiger partial charge on any atom is -0.450 e. The average molecular weight is 570 g/mol. The maximum Gasteiger partial charge on any atom is 0.303 e. The Labute approximate surface area is 237 Å². The highest BCUT2D eigenvalue weighted by molar-refractivity contribution is 8.13. The first kappa shape index (κ1) is 27.6. The number of thioether (sulfide) groups is 1. The van der Waals surface area contributed by atoms with Crippen molar-refractivity contribution in [2.45, 2.75) is 71.0 Å². The number of ether oxygens (including phenoxy) is 2. The highest BCUT2D eigenvalue weighted by atomic mass is 32.2. The lowest BCUT2D eigenvalue weighted by Crippen LogP contribution is -2.62. The van der Waals surface area contributed by atoms with E-state index in [9.17, 15) is 19.1 Å². The van der Waals surface area contributed by atoms with Gasteiger partial charge in [0.25, 0.3) is 0 Å². The second-order valence-electron chi connectivity index (χ2n) is 12.4. The normalized spacial score (nSPS) is 36.1. The van der Waals surface area contributed by atoms with E-state index >= 15 is 0 Å². The lowest BCUT2D eigenvalue weighted by Gasteiger charge is -2.60. The molecule has 4 aliphatic carbocycles. The highest BCUT2D eigenvalue weighted by Crippen LogP contribution is 2.68. The molecule has 3 fully saturated rings. The molecule has 0 aliphatic heterocycles. The largest absolute Gasteiger partial charge is 0.450 e. The number of pyridine rings is 1. The minimum absolute atomic E-state index is 0.00409. The summed E-state index contributed by atoms with van der Waals surface area (Å²) in [6, 6.07) is 3.01. The van der Waals surface area contributed by atoms with Gasteiger partial charge in [-0.2, -0.15) is 9.49 Å². The molecule has 1 N–H and O–H groups in total. The van der Waals surface area contributed by atoms with Gasteiger partial charge in [0, 0.05) is 19.4 Å². The zero-order valence-electron chi connectivity index (χ0n) is 23.4. The second kappa shape index (κ2) is 9.77. The maximum atomic E-state index is 13.6. The third-order valence-corrected chi connectivity index (χ3v) is 11.4. The molecule has 0 aromatic carbocycles. The molecule has 3 saturated carbocycles. The molecule has 2 aromatic rings. The zero-order valence-corrected chi connectivity index (χ0v) is 24.2. The van der Waals surface area contributed by atoms with Crippen molar-refractivity contribution in [3.05, 3.63) is 47.3 Å². The van der Waals surface area contributed by atoms with E-state index in [1.807, 2.05) is 17.8 Å². The summed E-state index contributed by atoms with van der Waals surface area (Å²) in [4.78, 5) is 29.8. The van der Waals surface area contributed by atoms with E-state index in [0.29, 0.717) is 18.5 Å². The molecule has 0 radical (unpaired) electrons. The average Bonchev–Trinajstić information content (AvgIpc) is 3.43. The smallest absolute Gasteiger partial charge is 0.303 e. The third-order valence-electron chi connectivity index (χ3n) is 10.5. The summed E-state index contributed by atoms with van der Waals surface area (Å²) in [7, 11) is 1.54. The first-order valence-corrected chi connectivity index (χ1v) is 15.0. The van der Waals surface area contributed by atoms with E-state index in [0.717, 1.165) is 48.7 Å². The molecule has 40 heavy (non-hydrogen) atoms. The van der Waals surface area contributed by atoms with Crippen LogP contribution in [-0.2, 0) is 25.5 Å². The third kappa shape index (κ3) is 3.93. The van der Waals surface area contributed by atoms with E-state index < -0.39 is 29.0 Å². The van der Waals surface area contributed by atoms with Crippen LogP contribution in [0.4, 0.5) is 4.39 Å². The molecule has 4 aliphatic rings. The minimum atomic E-state index is -1.28. The Morgan fingerprint density at radius 1 is 1.25 bits per heavy atom. The Morgan fingerprint density at radius 3 is 2.75 bits per heavy atom. The number of hydrogen-bond acceptors (Lipinski definition) is 8. The molecule has 214 valence electrons. The molecule has 0 amide bonds. The number of carbonyl (C=O) groups excluding carboxylic acids is 2. The Bertz CT molecular complexity index is 1380. The molecule has 10 heteroatoms. The lowest BCUT2D eigenvalue weighted by atomic mass is 9.45. The maximum absolute atomic E-state index is 13.6. The number of methoxy groups -OCH3 is 1. The van der Waals surface area contributed by atoms with Gasteiger partial charge in [0.2, 0.25) is 11.1 Å². The number of nitrogens with zero attached hydrogens (tertiary/aromatic N) is 3. The number of halogens is 1. The van der Waals surface area contributed by atoms with Crippen LogP contribution >= 0.6 is 11.8 Å². The topological polar surface area (TPSA) is 104 Å². The number of aliphatic hydroxyl groups excluding tert-OH is 1. The molecular formula is C30H36FN3O5S. The summed E-state index contributed by atoms with van der Waals surface area (Å²) in [5.74, 6) is -0.487. The first-order valence-electron chi connectivity index (χ1n) is 14.0. The van der Waals surface area contributed by atoms with Crippen molar-refractivity contribution in [2.24, 2.45) is 28.6 Å². The SMILES string of the molecule is COCSC(=O)[C@@]1(OC(C)=O)CC[C@H]2[C@@H]3CCC4=Cc5c(cnn5-c5ccc(F)nc5)C[C@]4(C)[C@H]3[C@@H](O)C[C@@]21C. The molecule has 8 nitrogen and oxygen atoms in total. The fourth-order valence-electron chi connectivity index (χ4n) is 8.89. The lowest BCUT2D eigenvalue weighted by molar-refractivity contribution is -0.195. The number of aromatic nitrogens is 3. The van der Waals surface area contributed by atoms with Crippen molar-refractivity contribution in [3.8, 4) is 5.69 Å². The Morgan fingerprint density at radius 2 is 2.05 bits per heavy atom. The molecule has 0 saturated heterocycles. The first-order chi connectivity index (χ1) is 19.0.